The van der Waals surface area contributed by atoms with E-state index in [1.807, 2.05) is 0 Å². The predicted octanol–water partition coefficient (Wildman–Crippen LogP) is 3.26. The summed E-state index contributed by atoms with van der Waals surface area (Å²) in [4.78, 5) is 12.5. The topological polar surface area (TPSA) is 47.6 Å². The van der Waals surface area contributed by atoms with Crippen LogP contribution >= 0.6 is 0 Å². The number of benzene rings is 1. The second-order valence-electron chi connectivity index (χ2n) is 5.95. The van der Waals surface area contributed by atoms with E-state index in [1.54, 1.807) is 32.4 Å². The molecule has 0 bridgehead atoms. The Hall–Kier alpha value is -1.71. The van der Waals surface area contributed by atoms with E-state index < -0.39 is 0 Å². The predicted molar refractivity (Wildman–Crippen MR) is 83.0 cm³/mol. The lowest BCUT2D eigenvalue weighted by molar-refractivity contribution is 0.0890. The molecule has 0 saturated heterocycles. The van der Waals surface area contributed by atoms with Gasteiger partial charge in [-0.15, -0.1) is 0 Å². The van der Waals surface area contributed by atoms with Crippen molar-refractivity contribution in [2.45, 2.75) is 39.2 Å². The smallest absolute Gasteiger partial charge is 0.251 e. The van der Waals surface area contributed by atoms with E-state index in [0.29, 0.717) is 28.9 Å². The minimum atomic E-state index is -0.0573. The molecule has 1 aromatic carbocycles. The van der Waals surface area contributed by atoms with Crippen LogP contribution in [0.2, 0.25) is 0 Å². The third-order valence-electron chi connectivity index (χ3n) is 4.64. The molecular formula is C17H25NO3. The second-order valence-corrected chi connectivity index (χ2v) is 5.95. The number of nitrogens with one attached hydrogen (secondary N) is 1. The number of hydrogen-bond donors (Lipinski definition) is 1. The Morgan fingerprint density at radius 1 is 1.10 bits per heavy atom. The molecule has 2 rings (SSSR count). The van der Waals surface area contributed by atoms with Crippen LogP contribution in [0.5, 0.6) is 11.5 Å². The third-order valence-corrected chi connectivity index (χ3v) is 4.64. The first-order chi connectivity index (χ1) is 10.0. The molecule has 1 N–H and O–H groups in total. The molecule has 3 atom stereocenters. The van der Waals surface area contributed by atoms with Gasteiger partial charge in [0.15, 0.2) is 0 Å². The zero-order chi connectivity index (χ0) is 15.4. The average Bonchev–Trinajstić information content (AvgIpc) is 2.51. The van der Waals surface area contributed by atoms with E-state index in [1.165, 1.54) is 12.8 Å². The molecule has 4 heteroatoms. The van der Waals surface area contributed by atoms with Gasteiger partial charge in [0.25, 0.3) is 5.91 Å². The van der Waals surface area contributed by atoms with Crippen molar-refractivity contribution in [3.8, 4) is 11.5 Å². The quantitative estimate of drug-likeness (QED) is 0.926. The van der Waals surface area contributed by atoms with Crippen molar-refractivity contribution in [2.24, 2.45) is 11.8 Å². The van der Waals surface area contributed by atoms with Gasteiger partial charge in [-0.3, -0.25) is 4.79 Å². The van der Waals surface area contributed by atoms with Crippen LogP contribution < -0.4 is 14.8 Å². The summed E-state index contributed by atoms with van der Waals surface area (Å²) in [6.07, 6.45) is 3.48. The first-order valence-electron chi connectivity index (χ1n) is 7.59. The van der Waals surface area contributed by atoms with E-state index in [-0.39, 0.29) is 11.9 Å². The SMILES string of the molecule is COc1cc(OC)cc(C(=O)NC2CCCC(C)C2C)c1. The number of carbonyl (C=O) groups excluding carboxylic acids is 1. The fraction of sp³-hybridized carbons (Fsp3) is 0.588. The molecule has 4 nitrogen and oxygen atoms in total. The molecule has 1 aliphatic rings. The lowest BCUT2D eigenvalue weighted by Gasteiger charge is -2.34. The summed E-state index contributed by atoms with van der Waals surface area (Å²) in [5.41, 5.74) is 0.580. The molecule has 116 valence electrons. The van der Waals surface area contributed by atoms with Crippen LogP contribution in [0.3, 0.4) is 0 Å². The Kier molecular flexibility index (Phi) is 5.10. The Labute approximate surface area is 126 Å². The van der Waals surface area contributed by atoms with E-state index in [9.17, 15) is 4.79 Å². The molecule has 1 amide bonds. The summed E-state index contributed by atoms with van der Waals surface area (Å²) in [6, 6.07) is 5.50. The lowest BCUT2D eigenvalue weighted by atomic mass is 9.78. The maximum atomic E-state index is 12.5. The van der Waals surface area contributed by atoms with Gasteiger partial charge in [-0.25, -0.2) is 0 Å². The van der Waals surface area contributed by atoms with Crippen LogP contribution in [0.1, 0.15) is 43.5 Å². The second kappa shape index (κ2) is 6.83. The van der Waals surface area contributed by atoms with Gasteiger partial charge < -0.3 is 14.8 Å². The minimum absolute atomic E-state index is 0.0573. The fourth-order valence-electron chi connectivity index (χ4n) is 2.98. The van der Waals surface area contributed by atoms with Gasteiger partial charge in [0.05, 0.1) is 14.2 Å². The van der Waals surface area contributed by atoms with Crippen molar-refractivity contribution < 1.29 is 14.3 Å². The zero-order valence-electron chi connectivity index (χ0n) is 13.3. The van der Waals surface area contributed by atoms with Gasteiger partial charge in [-0.2, -0.15) is 0 Å². The standard InChI is InChI=1S/C17H25NO3/c1-11-6-5-7-16(12(11)2)18-17(19)13-8-14(20-3)10-15(9-13)21-4/h8-12,16H,5-7H2,1-4H3,(H,18,19). The number of hydrogen-bond acceptors (Lipinski definition) is 3. The van der Waals surface area contributed by atoms with E-state index >= 15 is 0 Å². The highest BCUT2D eigenvalue weighted by molar-refractivity contribution is 5.95. The lowest BCUT2D eigenvalue weighted by Crippen LogP contribution is -2.43. The van der Waals surface area contributed by atoms with Crippen LogP contribution in [-0.2, 0) is 0 Å². The summed E-state index contributed by atoms with van der Waals surface area (Å²) >= 11 is 0. The highest BCUT2D eigenvalue weighted by atomic mass is 16.5. The molecule has 0 heterocycles. The molecule has 21 heavy (non-hydrogen) atoms. The molecule has 0 aliphatic heterocycles. The Balaban J connectivity index is 2.12. The van der Waals surface area contributed by atoms with Crippen LogP contribution in [0.15, 0.2) is 18.2 Å². The number of ether oxygens (including phenoxy) is 2. The van der Waals surface area contributed by atoms with Gasteiger partial charge in [0.2, 0.25) is 0 Å². The molecule has 1 saturated carbocycles. The Morgan fingerprint density at radius 2 is 1.71 bits per heavy atom. The molecule has 0 spiro atoms. The highest BCUT2D eigenvalue weighted by Gasteiger charge is 2.28. The van der Waals surface area contributed by atoms with Gasteiger partial charge >= 0.3 is 0 Å². The van der Waals surface area contributed by atoms with Crippen molar-refractivity contribution in [3.63, 3.8) is 0 Å². The molecule has 1 aliphatic carbocycles. The molecule has 1 aromatic rings. The summed E-state index contributed by atoms with van der Waals surface area (Å²) < 4.78 is 10.4. The molecule has 1 fully saturated rings. The van der Waals surface area contributed by atoms with Crippen molar-refractivity contribution in [3.05, 3.63) is 23.8 Å². The molecule has 0 aromatic heterocycles. The molecule has 3 unspecified atom stereocenters. The van der Waals surface area contributed by atoms with E-state index in [2.05, 4.69) is 19.2 Å². The summed E-state index contributed by atoms with van der Waals surface area (Å²) in [5.74, 6) is 2.37. The van der Waals surface area contributed by atoms with Crippen molar-refractivity contribution in [2.75, 3.05) is 14.2 Å². The minimum Gasteiger partial charge on any atom is -0.497 e. The van der Waals surface area contributed by atoms with Gasteiger partial charge in [-0.1, -0.05) is 26.7 Å². The van der Waals surface area contributed by atoms with Crippen LogP contribution in [0.4, 0.5) is 0 Å². The average molecular weight is 291 g/mol. The van der Waals surface area contributed by atoms with Gasteiger partial charge in [0, 0.05) is 17.7 Å². The van der Waals surface area contributed by atoms with Crippen molar-refractivity contribution in [1.82, 2.24) is 5.32 Å². The largest absolute Gasteiger partial charge is 0.497 e. The Morgan fingerprint density at radius 3 is 2.29 bits per heavy atom. The number of carbonyl (C=O) groups is 1. The first kappa shape index (κ1) is 15.7. The normalized spacial score (nSPS) is 25.2. The number of methoxy groups -OCH3 is 2. The number of amides is 1. The maximum Gasteiger partial charge on any atom is 0.251 e. The van der Waals surface area contributed by atoms with Crippen LogP contribution in [0, 0.1) is 11.8 Å². The maximum absolute atomic E-state index is 12.5. The highest BCUT2D eigenvalue weighted by Crippen LogP contribution is 2.30. The first-order valence-corrected chi connectivity index (χ1v) is 7.59. The summed E-state index contributed by atoms with van der Waals surface area (Å²) in [5, 5.41) is 3.17. The zero-order valence-corrected chi connectivity index (χ0v) is 13.3. The number of rotatable bonds is 4. The summed E-state index contributed by atoms with van der Waals surface area (Å²) in [7, 11) is 3.17. The summed E-state index contributed by atoms with van der Waals surface area (Å²) in [6.45, 7) is 4.48. The van der Waals surface area contributed by atoms with Crippen LogP contribution in [-0.4, -0.2) is 26.2 Å². The van der Waals surface area contributed by atoms with E-state index in [0.717, 1.165) is 6.42 Å². The molecule has 0 radical (unpaired) electrons. The van der Waals surface area contributed by atoms with Gasteiger partial charge in [0.1, 0.15) is 11.5 Å². The van der Waals surface area contributed by atoms with Crippen molar-refractivity contribution in [1.29, 1.82) is 0 Å². The van der Waals surface area contributed by atoms with Crippen LogP contribution in [0.25, 0.3) is 0 Å². The fourth-order valence-corrected chi connectivity index (χ4v) is 2.98. The molecular weight excluding hydrogens is 266 g/mol. The third kappa shape index (κ3) is 3.69. The van der Waals surface area contributed by atoms with Crippen molar-refractivity contribution >= 4 is 5.91 Å². The monoisotopic (exact) mass is 291 g/mol. The Bertz CT molecular complexity index is 479. The van der Waals surface area contributed by atoms with Gasteiger partial charge in [-0.05, 0) is 30.4 Å². The van der Waals surface area contributed by atoms with E-state index in [4.69, 9.17) is 9.47 Å².